The molecule has 0 atom stereocenters. The molecule has 27 heavy (non-hydrogen) atoms. The number of anilines is 1. The minimum absolute atomic E-state index is 0.0827. The van der Waals surface area contributed by atoms with E-state index in [0.717, 1.165) is 28.6 Å². The van der Waals surface area contributed by atoms with Crippen LogP contribution in [-0.4, -0.2) is 31.7 Å². The molecule has 10 heteroatoms. The Labute approximate surface area is 163 Å². The van der Waals surface area contributed by atoms with Gasteiger partial charge in [-0.15, -0.1) is 0 Å². The lowest BCUT2D eigenvalue weighted by Crippen LogP contribution is -2.31. The first-order chi connectivity index (χ1) is 12.6. The summed E-state index contributed by atoms with van der Waals surface area (Å²) in [6.45, 7) is 3.69. The van der Waals surface area contributed by atoms with Gasteiger partial charge in [0.15, 0.2) is 5.82 Å². The largest absolute Gasteiger partial charge is 0.318 e. The van der Waals surface area contributed by atoms with E-state index in [9.17, 15) is 26.4 Å². The summed E-state index contributed by atoms with van der Waals surface area (Å²) in [5, 5.41) is 2.12. The van der Waals surface area contributed by atoms with Crippen molar-refractivity contribution in [1.82, 2.24) is 4.31 Å². The highest BCUT2D eigenvalue weighted by Gasteiger charge is 2.25. The van der Waals surface area contributed by atoms with E-state index in [1.54, 1.807) is 13.8 Å². The molecule has 0 heterocycles. The SMILES string of the molecule is CCN(CC)S(=O)(=O)c1ccc(F)c(C(=O)Nc2c(F)cc(F)cc2Br)c1. The highest BCUT2D eigenvalue weighted by Crippen LogP contribution is 2.28. The molecule has 0 saturated carbocycles. The number of nitrogens with zero attached hydrogens (tertiary/aromatic N) is 1. The van der Waals surface area contributed by atoms with Crippen LogP contribution in [0.3, 0.4) is 0 Å². The highest BCUT2D eigenvalue weighted by molar-refractivity contribution is 9.10. The fourth-order valence-electron chi connectivity index (χ4n) is 2.39. The van der Waals surface area contributed by atoms with Crippen LogP contribution in [0.5, 0.6) is 0 Å². The van der Waals surface area contributed by atoms with Crippen molar-refractivity contribution in [2.45, 2.75) is 18.7 Å². The number of halogens is 4. The normalized spacial score (nSPS) is 11.7. The van der Waals surface area contributed by atoms with E-state index in [0.29, 0.717) is 6.07 Å². The number of amides is 1. The maximum atomic E-state index is 14.1. The summed E-state index contributed by atoms with van der Waals surface area (Å²) in [5.41, 5.74) is -0.975. The summed E-state index contributed by atoms with van der Waals surface area (Å²) in [6.07, 6.45) is 0. The lowest BCUT2D eigenvalue weighted by molar-refractivity contribution is 0.102. The molecule has 0 aliphatic carbocycles. The standard InChI is InChI=1S/C17H16BrF3N2O3S/c1-3-23(4-2)27(25,26)11-5-6-14(20)12(9-11)17(24)22-16-13(18)7-10(19)8-15(16)21/h5-9H,3-4H2,1-2H3,(H,22,24). The van der Waals surface area contributed by atoms with Crippen LogP contribution in [0, 0.1) is 17.5 Å². The molecule has 0 bridgehead atoms. The Hall–Kier alpha value is -1.91. The molecule has 0 saturated heterocycles. The van der Waals surface area contributed by atoms with E-state index in [4.69, 9.17) is 0 Å². The molecule has 2 rings (SSSR count). The molecular formula is C17H16BrF3N2O3S. The van der Waals surface area contributed by atoms with Crippen LogP contribution in [0.2, 0.25) is 0 Å². The predicted octanol–water partition coefficient (Wildman–Crippen LogP) is 4.15. The van der Waals surface area contributed by atoms with Crippen molar-refractivity contribution in [3.63, 3.8) is 0 Å². The van der Waals surface area contributed by atoms with Gasteiger partial charge in [0.1, 0.15) is 11.6 Å². The maximum absolute atomic E-state index is 14.1. The van der Waals surface area contributed by atoms with Gasteiger partial charge in [0.25, 0.3) is 5.91 Å². The number of hydrogen-bond acceptors (Lipinski definition) is 3. The molecule has 2 aromatic rings. The average Bonchev–Trinajstić information content (AvgIpc) is 2.58. The van der Waals surface area contributed by atoms with Gasteiger partial charge in [0.05, 0.1) is 16.1 Å². The van der Waals surface area contributed by atoms with E-state index in [1.165, 1.54) is 0 Å². The van der Waals surface area contributed by atoms with Crippen molar-refractivity contribution in [3.8, 4) is 0 Å². The molecule has 146 valence electrons. The van der Waals surface area contributed by atoms with Crippen molar-refractivity contribution >= 4 is 37.5 Å². The lowest BCUT2D eigenvalue weighted by Gasteiger charge is -2.19. The van der Waals surface area contributed by atoms with Crippen LogP contribution in [0.15, 0.2) is 39.7 Å². The van der Waals surface area contributed by atoms with Gasteiger partial charge in [0.2, 0.25) is 10.0 Å². The third-order valence-corrected chi connectivity index (χ3v) is 6.44. The number of benzene rings is 2. The fourth-order valence-corrected chi connectivity index (χ4v) is 4.39. The van der Waals surface area contributed by atoms with Crippen LogP contribution in [0.25, 0.3) is 0 Å². The highest BCUT2D eigenvalue weighted by atomic mass is 79.9. The van der Waals surface area contributed by atoms with Crippen LogP contribution in [0.4, 0.5) is 18.9 Å². The topological polar surface area (TPSA) is 66.5 Å². The third-order valence-electron chi connectivity index (χ3n) is 3.77. The fraction of sp³-hybridized carbons (Fsp3) is 0.235. The van der Waals surface area contributed by atoms with E-state index in [2.05, 4.69) is 21.2 Å². The monoisotopic (exact) mass is 464 g/mol. The molecule has 5 nitrogen and oxygen atoms in total. The first kappa shape index (κ1) is 21.4. The number of carbonyl (C=O) groups excluding carboxylic acids is 1. The Morgan fingerprint density at radius 1 is 1.07 bits per heavy atom. The molecule has 1 amide bonds. The van der Waals surface area contributed by atoms with Gasteiger partial charge in [0, 0.05) is 23.6 Å². The van der Waals surface area contributed by atoms with Gasteiger partial charge in [-0.3, -0.25) is 4.79 Å². The van der Waals surface area contributed by atoms with Crippen LogP contribution in [-0.2, 0) is 10.0 Å². The Morgan fingerprint density at radius 3 is 2.26 bits per heavy atom. The van der Waals surface area contributed by atoms with Gasteiger partial charge < -0.3 is 5.32 Å². The van der Waals surface area contributed by atoms with E-state index >= 15 is 0 Å². The molecule has 2 aromatic carbocycles. The molecule has 1 N–H and O–H groups in total. The van der Waals surface area contributed by atoms with Crippen molar-refractivity contribution < 1.29 is 26.4 Å². The smallest absolute Gasteiger partial charge is 0.258 e. The van der Waals surface area contributed by atoms with Crippen molar-refractivity contribution in [1.29, 1.82) is 0 Å². The minimum Gasteiger partial charge on any atom is -0.318 e. The Balaban J connectivity index is 2.43. The van der Waals surface area contributed by atoms with Crippen LogP contribution < -0.4 is 5.32 Å². The molecule has 0 fully saturated rings. The Bertz CT molecular complexity index is 956. The van der Waals surface area contributed by atoms with Crippen LogP contribution in [0.1, 0.15) is 24.2 Å². The molecule has 0 spiro atoms. The Morgan fingerprint density at radius 2 is 1.70 bits per heavy atom. The first-order valence-corrected chi connectivity index (χ1v) is 10.1. The average molecular weight is 465 g/mol. The number of nitrogens with one attached hydrogen (secondary N) is 1. The molecule has 0 unspecified atom stereocenters. The first-order valence-electron chi connectivity index (χ1n) is 7.87. The van der Waals surface area contributed by atoms with Crippen molar-refractivity contribution in [2.75, 3.05) is 18.4 Å². The molecule has 0 aliphatic heterocycles. The molecule has 0 aromatic heterocycles. The summed E-state index contributed by atoms with van der Waals surface area (Å²) in [4.78, 5) is 12.1. The zero-order valence-corrected chi connectivity index (χ0v) is 16.8. The molecule has 0 aliphatic rings. The zero-order chi connectivity index (χ0) is 20.4. The number of sulfonamides is 1. The van der Waals surface area contributed by atoms with Gasteiger partial charge in [-0.25, -0.2) is 21.6 Å². The minimum atomic E-state index is -3.92. The Kier molecular flexibility index (Phi) is 6.66. The summed E-state index contributed by atoms with van der Waals surface area (Å²) in [7, 11) is -3.92. The van der Waals surface area contributed by atoms with Crippen molar-refractivity contribution in [3.05, 3.63) is 57.8 Å². The zero-order valence-electron chi connectivity index (χ0n) is 14.4. The van der Waals surface area contributed by atoms with E-state index < -0.39 is 44.6 Å². The van der Waals surface area contributed by atoms with Crippen molar-refractivity contribution in [2.24, 2.45) is 0 Å². The van der Waals surface area contributed by atoms with Gasteiger partial charge in [-0.2, -0.15) is 4.31 Å². The summed E-state index contributed by atoms with van der Waals surface area (Å²) in [5.74, 6) is -3.99. The molecular weight excluding hydrogens is 449 g/mol. The number of carbonyl (C=O) groups is 1. The number of hydrogen-bond donors (Lipinski definition) is 1. The second kappa shape index (κ2) is 8.41. The van der Waals surface area contributed by atoms with Gasteiger partial charge >= 0.3 is 0 Å². The summed E-state index contributed by atoms with van der Waals surface area (Å²) in [6, 6.07) is 4.26. The molecule has 0 radical (unpaired) electrons. The van der Waals surface area contributed by atoms with Gasteiger partial charge in [-0.05, 0) is 40.2 Å². The summed E-state index contributed by atoms with van der Waals surface area (Å²) >= 11 is 2.91. The van der Waals surface area contributed by atoms with E-state index in [1.807, 2.05) is 0 Å². The van der Waals surface area contributed by atoms with Crippen LogP contribution >= 0.6 is 15.9 Å². The lowest BCUT2D eigenvalue weighted by atomic mass is 10.2. The number of rotatable bonds is 6. The summed E-state index contributed by atoms with van der Waals surface area (Å²) < 4.78 is 67.3. The predicted molar refractivity (Wildman–Crippen MR) is 98.5 cm³/mol. The third kappa shape index (κ3) is 4.50. The quantitative estimate of drug-likeness (QED) is 0.698. The second-order valence-corrected chi connectivity index (χ2v) is 8.22. The van der Waals surface area contributed by atoms with E-state index in [-0.39, 0.29) is 22.5 Å². The van der Waals surface area contributed by atoms with Gasteiger partial charge in [-0.1, -0.05) is 13.8 Å². The second-order valence-electron chi connectivity index (χ2n) is 5.43. The maximum Gasteiger partial charge on any atom is 0.258 e.